The number of hydrogen-bond donors (Lipinski definition) is 1. The molecule has 1 amide bonds. The van der Waals surface area contributed by atoms with Crippen molar-refractivity contribution in [1.29, 1.82) is 0 Å². The normalized spacial score (nSPS) is 16.3. The van der Waals surface area contributed by atoms with Crippen LogP contribution in [0.15, 0.2) is 24.3 Å². The zero-order chi connectivity index (χ0) is 19.9. The van der Waals surface area contributed by atoms with Gasteiger partial charge in [0.1, 0.15) is 5.75 Å². The summed E-state index contributed by atoms with van der Waals surface area (Å²) in [5.41, 5.74) is 0.608. The molecule has 0 aliphatic heterocycles. The highest BCUT2D eigenvalue weighted by molar-refractivity contribution is 7.88. The van der Waals surface area contributed by atoms with Crippen LogP contribution in [0.2, 0.25) is 0 Å². The first-order valence-electron chi connectivity index (χ1n) is 9.79. The number of para-hydroxylation sites is 2. The second kappa shape index (κ2) is 10.1. The Bertz CT molecular complexity index is 710. The number of hydrogen-bond acceptors (Lipinski definition) is 4. The lowest BCUT2D eigenvalue weighted by Crippen LogP contribution is -2.41. The van der Waals surface area contributed by atoms with Crippen LogP contribution in [-0.2, 0) is 14.8 Å². The zero-order valence-corrected chi connectivity index (χ0v) is 17.4. The van der Waals surface area contributed by atoms with Crippen LogP contribution in [0.1, 0.15) is 58.8 Å². The second-order valence-electron chi connectivity index (χ2n) is 7.48. The third-order valence-corrected chi connectivity index (χ3v) is 6.07. The van der Waals surface area contributed by atoms with E-state index in [1.807, 2.05) is 32.0 Å². The van der Waals surface area contributed by atoms with Crippen molar-refractivity contribution in [3.8, 4) is 5.75 Å². The van der Waals surface area contributed by atoms with Crippen LogP contribution >= 0.6 is 0 Å². The summed E-state index contributed by atoms with van der Waals surface area (Å²) >= 11 is 0. The highest BCUT2D eigenvalue weighted by Crippen LogP contribution is 2.26. The summed E-state index contributed by atoms with van der Waals surface area (Å²) in [7, 11) is -3.34. The largest absolute Gasteiger partial charge is 0.489 e. The van der Waals surface area contributed by atoms with E-state index in [2.05, 4.69) is 5.32 Å². The van der Waals surface area contributed by atoms with Crippen molar-refractivity contribution in [3.63, 3.8) is 0 Å². The van der Waals surface area contributed by atoms with Crippen molar-refractivity contribution in [2.75, 3.05) is 18.1 Å². The van der Waals surface area contributed by atoms with Gasteiger partial charge in [0.05, 0.1) is 18.0 Å². The lowest BCUT2D eigenvalue weighted by Gasteiger charge is -2.28. The number of nitrogens with zero attached hydrogens (tertiary/aromatic N) is 1. The fourth-order valence-electron chi connectivity index (χ4n) is 3.52. The topological polar surface area (TPSA) is 75.7 Å². The zero-order valence-electron chi connectivity index (χ0n) is 16.6. The van der Waals surface area contributed by atoms with E-state index in [-0.39, 0.29) is 31.0 Å². The molecule has 27 heavy (non-hydrogen) atoms. The van der Waals surface area contributed by atoms with Crippen LogP contribution in [-0.4, -0.2) is 43.6 Å². The van der Waals surface area contributed by atoms with E-state index in [4.69, 9.17) is 4.74 Å². The van der Waals surface area contributed by atoms with Gasteiger partial charge in [-0.1, -0.05) is 37.8 Å². The number of nitrogens with one attached hydrogen (secondary N) is 1. The Hall–Kier alpha value is -1.60. The molecular formula is C20H32N2O4S. The molecule has 1 saturated carbocycles. The van der Waals surface area contributed by atoms with Crippen molar-refractivity contribution in [1.82, 2.24) is 4.31 Å². The van der Waals surface area contributed by atoms with Crippen LogP contribution in [0.5, 0.6) is 5.75 Å². The Labute approximate surface area is 163 Å². The van der Waals surface area contributed by atoms with E-state index in [1.165, 1.54) is 10.6 Å². The smallest absolute Gasteiger partial charge is 0.225 e. The van der Waals surface area contributed by atoms with Gasteiger partial charge in [-0.25, -0.2) is 8.42 Å². The van der Waals surface area contributed by atoms with Gasteiger partial charge in [0, 0.05) is 19.0 Å². The predicted octanol–water partition coefficient (Wildman–Crippen LogP) is 3.79. The summed E-state index contributed by atoms with van der Waals surface area (Å²) < 4.78 is 31.8. The fourth-order valence-corrected chi connectivity index (χ4v) is 4.69. The van der Waals surface area contributed by atoms with Crippen molar-refractivity contribution >= 4 is 21.6 Å². The number of amides is 1. The summed E-state index contributed by atoms with van der Waals surface area (Å²) in [6.45, 7) is 4.06. The number of rotatable bonds is 8. The Morgan fingerprint density at radius 3 is 2.41 bits per heavy atom. The molecule has 1 aromatic rings. The van der Waals surface area contributed by atoms with Gasteiger partial charge in [0.15, 0.2) is 0 Å². The summed E-state index contributed by atoms with van der Waals surface area (Å²) in [5, 5.41) is 2.85. The average Bonchev–Trinajstić information content (AvgIpc) is 2.84. The van der Waals surface area contributed by atoms with Crippen molar-refractivity contribution < 1.29 is 17.9 Å². The third kappa shape index (κ3) is 7.14. The van der Waals surface area contributed by atoms with E-state index in [1.54, 1.807) is 6.07 Å². The van der Waals surface area contributed by atoms with E-state index >= 15 is 0 Å². The second-order valence-corrected chi connectivity index (χ2v) is 9.42. The van der Waals surface area contributed by atoms with Crippen LogP contribution in [0.3, 0.4) is 0 Å². The van der Waals surface area contributed by atoms with E-state index < -0.39 is 10.0 Å². The summed E-state index contributed by atoms with van der Waals surface area (Å²) in [5.74, 6) is 0.404. The summed E-state index contributed by atoms with van der Waals surface area (Å²) in [6.07, 6.45) is 7.51. The summed E-state index contributed by atoms with van der Waals surface area (Å²) in [4.78, 5) is 12.4. The molecule has 6 nitrogen and oxygen atoms in total. The maximum absolute atomic E-state index is 12.4. The molecule has 1 aliphatic rings. The SMILES string of the molecule is CC(C)Oc1ccccc1NC(=O)CCN(C1CCCCCC1)S(C)(=O)=O. The van der Waals surface area contributed by atoms with Gasteiger partial charge in [-0.05, 0) is 38.8 Å². The molecular weight excluding hydrogens is 364 g/mol. The van der Waals surface area contributed by atoms with E-state index in [0.717, 1.165) is 38.5 Å². The fraction of sp³-hybridized carbons (Fsp3) is 0.650. The van der Waals surface area contributed by atoms with Crippen molar-refractivity contribution in [2.45, 2.75) is 70.9 Å². The molecule has 7 heteroatoms. The van der Waals surface area contributed by atoms with Gasteiger partial charge >= 0.3 is 0 Å². The molecule has 1 N–H and O–H groups in total. The Morgan fingerprint density at radius 2 is 1.81 bits per heavy atom. The molecule has 0 unspecified atom stereocenters. The van der Waals surface area contributed by atoms with E-state index in [9.17, 15) is 13.2 Å². The maximum Gasteiger partial charge on any atom is 0.225 e. The first kappa shape index (κ1) is 21.7. The molecule has 0 aromatic heterocycles. The van der Waals surface area contributed by atoms with Crippen LogP contribution < -0.4 is 10.1 Å². The molecule has 1 aromatic carbocycles. The Kier molecular flexibility index (Phi) is 8.10. The number of benzene rings is 1. The van der Waals surface area contributed by atoms with Crippen molar-refractivity contribution in [3.05, 3.63) is 24.3 Å². The first-order valence-corrected chi connectivity index (χ1v) is 11.6. The minimum Gasteiger partial charge on any atom is -0.489 e. The molecule has 0 radical (unpaired) electrons. The molecule has 2 rings (SSSR count). The van der Waals surface area contributed by atoms with Crippen LogP contribution in [0.25, 0.3) is 0 Å². The number of ether oxygens (including phenoxy) is 1. The van der Waals surface area contributed by atoms with Gasteiger partial charge in [-0.3, -0.25) is 4.79 Å². The lowest BCUT2D eigenvalue weighted by atomic mass is 10.1. The number of carbonyl (C=O) groups is 1. The lowest BCUT2D eigenvalue weighted by molar-refractivity contribution is -0.116. The van der Waals surface area contributed by atoms with E-state index in [0.29, 0.717) is 11.4 Å². The quantitative estimate of drug-likeness (QED) is 0.679. The molecule has 1 fully saturated rings. The minimum atomic E-state index is -3.34. The molecule has 152 valence electrons. The molecule has 0 heterocycles. The molecule has 0 bridgehead atoms. The number of anilines is 1. The standard InChI is InChI=1S/C20H32N2O4S/c1-16(2)26-19-13-9-8-12-18(19)21-20(23)14-15-22(27(3,24)25)17-10-6-4-5-7-11-17/h8-9,12-13,16-17H,4-7,10-11,14-15H2,1-3H3,(H,21,23). The van der Waals surface area contributed by atoms with Gasteiger partial charge in [-0.2, -0.15) is 4.31 Å². The van der Waals surface area contributed by atoms with Crippen molar-refractivity contribution in [2.24, 2.45) is 0 Å². The third-order valence-electron chi connectivity index (χ3n) is 4.74. The van der Waals surface area contributed by atoms with Gasteiger partial charge < -0.3 is 10.1 Å². The Balaban J connectivity index is 2.00. The summed E-state index contributed by atoms with van der Waals surface area (Å²) in [6, 6.07) is 7.29. The van der Waals surface area contributed by atoms with Gasteiger partial charge in [-0.15, -0.1) is 0 Å². The van der Waals surface area contributed by atoms with Gasteiger partial charge in [0.25, 0.3) is 0 Å². The number of sulfonamides is 1. The highest BCUT2D eigenvalue weighted by Gasteiger charge is 2.27. The van der Waals surface area contributed by atoms with Crippen LogP contribution in [0.4, 0.5) is 5.69 Å². The highest BCUT2D eigenvalue weighted by atomic mass is 32.2. The molecule has 0 atom stereocenters. The molecule has 1 aliphatic carbocycles. The maximum atomic E-state index is 12.4. The average molecular weight is 397 g/mol. The molecule has 0 saturated heterocycles. The Morgan fingerprint density at radius 1 is 1.19 bits per heavy atom. The monoisotopic (exact) mass is 396 g/mol. The molecule has 0 spiro atoms. The van der Waals surface area contributed by atoms with Gasteiger partial charge in [0.2, 0.25) is 15.9 Å². The number of carbonyl (C=O) groups excluding carboxylic acids is 1. The first-order chi connectivity index (χ1) is 12.8. The predicted molar refractivity (Wildman–Crippen MR) is 108 cm³/mol. The minimum absolute atomic E-state index is 0.000913. The van der Waals surface area contributed by atoms with Crippen LogP contribution in [0, 0.1) is 0 Å².